The number of hydrogen-bond acceptors (Lipinski definition) is 8. The molecule has 0 saturated heterocycles. The Kier molecular flexibility index (Phi) is 5.86. The van der Waals surface area contributed by atoms with E-state index in [0.717, 1.165) is 26.7 Å². The zero-order valence-corrected chi connectivity index (χ0v) is 19.0. The molecule has 0 fully saturated rings. The fourth-order valence-electron chi connectivity index (χ4n) is 3.18. The molecule has 3 aromatic carbocycles. The lowest BCUT2D eigenvalue weighted by Crippen LogP contribution is -1.98. The second-order valence-electron chi connectivity index (χ2n) is 7.03. The van der Waals surface area contributed by atoms with Crippen LogP contribution in [-0.2, 0) is 6.61 Å². The third-order valence-electron chi connectivity index (χ3n) is 4.89. The summed E-state index contributed by atoms with van der Waals surface area (Å²) in [6.07, 6.45) is 1.29. The summed E-state index contributed by atoms with van der Waals surface area (Å²) in [5, 5.41) is 11.7. The predicted octanol–water partition coefficient (Wildman–Crippen LogP) is 5.80. The van der Waals surface area contributed by atoms with Gasteiger partial charge in [0.25, 0.3) is 5.89 Å². The molecule has 33 heavy (non-hydrogen) atoms. The molecule has 8 nitrogen and oxygen atoms in total. The smallest absolute Gasteiger partial charge is 0.258 e. The maximum Gasteiger partial charge on any atom is 0.258 e. The molecule has 5 aromatic rings. The fraction of sp³-hybridized carbons (Fsp3) is 0.0833. The number of halogens is 1. The molecule has 0 spiro atoms. The molecule has 2 heterocycles. The molecule has 0 unspecified atom stereocenters. The number of aromatic nitrogens is 4. The van der Waals surface area contributed by atoms with Crippen LogP contribution in [0.1, 0.15) is 5.56 Å². The number of nitrogens with zero attached hydrogens (tertiary/aromatic N) is 4. The summed E-state index contributed by atoms with van der Waals surface area (Å²) in [4.78, 5) is 4.52. The van der Waals surface area contributed by atoms with E-state index in [1.165, 1.54) is 6.39 Å². The van der Waals surface area contributed by atoms with Crippen LogP contribution in [0.5, 0.6) is 11.5 Å². The van der Waals surface area contributed by atoms with Gasteiger partial charge in [-0.05, 0) is 48.0 Å². The topological polar surface area (TPSA) is 96.3 Å². The Morgan fingerprint density at radius 1 is 0.848 bits per heavy atom. The van der Waals surface area contributed by atoms with E-state index in [4.69, 9.17) is 18.4 Å². The summed E-state index contributed by atoms with van der Waals surface area (Å²) in [6.45, 7) is 0.424. The summed E-state index contributed by atoms with van der Waals surface area (Å²) in [5.41, 5.74) is 3.39. The highest BCUT2D eigenvalue weighted by Gasteiger charge is 2.14. The molecule has 0 radical (unpaired) electrons. The first kappa shape index (κ1) is 20.9. The molecular weight excluding hydrogens is 488 g/mol. The van der Waals surface area contributed by atoms with E-state index in [-0.39, 0.29) is 0 Å². The zero-order chi connectivity index (χ0) is 22.6. The minimum atomic E-state index is 0.378. The van der Waals surface area contributed by atoms with Gasteiger partial charge in [0.05, 0.1) is 7.11 Å². The minimum absolute atomic E-state index is 0.378. The van der Waals surface area contributed by atoms with E-state index in [0.29, 0.717) is 35.7 Å². The first-order valence-corrected chi connectivity index (χ1v) is 10.8. The maximum absolute atomic E-state index is 5.94. The van der Waals surface area contributed by atoms with Crippen molar-refractivity contribution in [2.45, 2.75) is 6.61 Å². The van der Waals surface area contributed by atoms with Crippen LogP contribution in [0.3, 0.4) is 0 Å². The van der Waals surface area contributed by atoms with E-state index < -0.39 is 0 Å². The molecule has 0 aliphatic heterocycles. The molecule has 0 aliphatic carbocycles. The molecule has 2 aromatic heterocycles. The van der Waals surface area contributed by atoms with E-state index in [1.54, 1.807) is 7.11 Å². The molecular formula is C24H17BrN4O4. The average molecular weight is 505 g/mol. The second kappa shape index (κ2) is 9.25. The normalized spacial score (nSPS) is 10.8. The van der Waals surface area contributed by atoms with Crippen LogP contribution in [0.4, 0.5) is 0 Å². The Balaban J connectivity index is 1.33. The quantitative estimate of drug-likeness (QED) is 0.274. The average Bonchev–Trinajstić information content (AvgIpc) is 3.57. The highest BCUT2D eigenvalue weighted by atomic mass is 79.9. The lowest BCUT2D eigenvalue weighted by Gasteiger charge is -2.11. The fourth-order valence-corrected chi connectivity index (χ4v) is 3.44. The Labute approximate surface area is 197 Å². The number of methoxy groups -OCH3 is 1. The van der Waals surface area contributed by atoms with E-state index in [9.17, 15) is 0 Å². The van der Waals surface area contributed by atoms with Gasteiger partial charge in [0.15, 0.2) is 11.5 Å². The van der Waals surface area contributed by atoms with E-state index in [2.05, 4.69) is 36.3 Å². The Bertz CT molecular complexity index is 1350. The molecule has 9 heteroatoms. The Hall–Kier alpha value is -3.98. The monoisotopic (exact) mass is 504 g/mol. The summed E-state index contributed by atoms with van der Waals surface area (Å²) in [7, 11) is 1.59. The van der Waals surface area contributed by atoms with Crippen molar-refractivity contribution < 1.29 is 18.4 Å². The molecule has 0 atom stereocenters. The van der Waals surface area contributed by atoms with Gasteiger partial charge in [-0.1, -0.05) is 45.4 Å². The van der Waals surface area contributed by atoms with Crippen LogP contribution < -0.4 is 9.47 Å². The van der Waals surface area contributed by atoms with Gasteiger partial charge in [-0.2, -0.15) is 4.98 Å². The van der Waals surface area contributed by atoms with Crippen molar-refractivity contribution in [3.8, 4) is 45.8 Å². The molecule has 164 valence electrons. The van der Waals surface area contributed by atoms with Gasteiger partial charge < -0.3 is 18.4 Å². The summed E-state index contributed by atoms with van der Waals surface area (Å²) >= 11 is 3.43. The predicted molar refractivity (Wildman–Crippen MR) is 123 cm³/mol. The van der Waals surface area contributed by atoms with Crippen LogP contribution in [0.15, 0.2) is 86.5 Å². The number of rotatable bonds is 7. The molecule has 0 N–H and O–H groups in total. The highest BCUT2D eigenvalue weighted by molar-refractivity contribution is 9.10. The van der Waals surface area contributed by atoms with Crippen LogP contribution in [0.25, 0.3) is 34.3 Å². The van der Waals surface area contributed by atoms with E-state index >= 15 is 0 Å². The Morgan fingerprint density at radius 3 is 2.33 bits per heavy atom. The summed E-state index contributed by atoms with van der Waals surface area (Å²) in [6, 6.07) is 20.9. The van der Waals surface area contributed by atoms with Crippen molar-refractivity contribution in [1.29, 1.82) is 0 Å². The maximum atomic E-state index is 5.94. The van der Waals surface area contributed by atoms with Crippen LogP contribution >= 0.6 is 15.9 Å². The molecule has 0 amide bonds. The van der Waals surface area contributed by atoms with Gasteiger partial charge >= 0.3 is 0 Å². The first-order valence-electron chi connectivity index (χ1n) is 9.96. The van der Waals surface area contributed by atoms with Gasteiger partial charge in [-0.3, -0.25) is 0 Å². The van der Waals surface area contributed by atoms with Crippen molar-refractivity contribution in [2.24, 2.45) is 0 Å². The largest absolute Gasteiger partial charge is 0.493 e. The van der Waals surface area contributed by atoms with Crippen LogP contribution in [0.2, 0.25) is 0 Å². The van der Waals surface area contributed by atoms with Gasteiger partial charge in [0.2, 0.25) is 18.1 Å². The standard InChI is InChI=1S/C24H17BrN4O4/c1-30-21-12-18(8-11-20(21)31-13-15-2-9-19(25)10-3-15)23-27-22(29-33-23)16-4-6-17(7-5-16)24-28-26-14-32-24/h2-12,14H,13H2,1H3. The van der Waals surface area contributed by atoms with Gasteiger partial charge in [0.1, 0.15) is 6.61 Å². The van der Waals surface area contributed by atoms with Crippen molar-refractivity contribution in [2.75, 3.05) is 7.11 Å². The second-order valence-corrected chi connectivity index (χ2v) is 7.94. The first-order chi connectivity index (χ1) is 16.2. The highest BCUT2D eigenvalue weighted by Crippen LogP contribution is 2.33. The van der Waals surface area contributed by atoms with Gasteiger partial charge in [0, 0.05) is 21.2 Å². The zero-order valence-electron chi connectivity index (χ0n) is 17.4. The van der Waals surface area contributed by atoms with Crippen molar-refractivity contribution in [3.63, 3.8) is 0 Å². The van der Waals surface area contributed by atoms with Crippen molar-refractivity contribution >= 4 is 15.9 Å². The third kappa shape index (κ3) is 4.63. The molecule has 0 saturated carbocycles. The Morgan fingerprint density at radius 2 is 1.61 bits per heavy atom. The number of hydrogen-bond donors (Lipinski definition) is 0. The van der Waals surface area contributed by atoms with Crippen molar-refractivity contribution in [1.82, 2.24) is 20.3 Å². The minimum Gasteiger partial charge on any atom is -0.493 e. The van der Waals surface area contributed by atoms with Crippen LogP contribution in [-0.4, -0.2) is 27.4 Å². The third-order valence-corrected chi connectivity index (χ3v) is 5.42. The summed E-state index contributed by atoms with van der Waals surface area (Å²) in [5.74, 6) is 2.50. The molecule has 5 rings (SSSR count). The van der Waals surface area contributed by atoms with E-state index in [1.807, 2.05) is 66.7 Å². The lowest BCUT2D eigenvalue weighted by molar-refractivity contribution is 0.284. The number of benzene rings is 3. The number of ether oxygens (including phenoxy) is 2. The van der Waals surface area contributed by atoms with Crippen LogP contribution in [0, 0.1) is 0 Å². The SMILES string of the molecule is COc1cc(-c2nc(-c3ccc(-c4nnco4)cc3)no2)ccc1OCc1ccc(Br)cc1. The molecule has 0 aliphatic rings. The van der Waals surface area contributed by atoms with Gasteiger partial charge in [-0.15, -0.1) is 10.2 Å². The summed E-state index contributed by atoms with van der Waals surface area (Å²) < 4.78 is 23.2. The molecule has 0 bridgehead atoms. The van der Waals surface area contributed by atoms with Crippen molar-refractivity contribution in [3.05, 3.63) is 83.2 Å². The van der Waals surface area contributed by atoms with Gasteiger partial charge in [-0.25, -0.2) is 0 Å². The lowest BCUT2D eigenvalue weighted by atomic mass is 10.1.